The molecule has 0 saturated carbocycles. The molecule has 0 unspecified atom stereocenters. The zero-order valence-corrected chi connectivity index (χ0v) is 15.3. The van der Waals surface area contributed by atoms with Gasteiger partial charge in [0.25, 0.3) is 0 Å². The van der Waals surface area contributed by atoms with E-state index in [1.54, 1.807) is 0 Å². The van der Waals surface area contributed by atoms with E-state index in [9.17, 15) is 0 Å². The first-order chi connectivity index (χ1) is 9.83. The van der Waals surface area contributed by atoms with Gasteiger partial charge in [-0.25, -0.2) is 0 Å². The molecule has 0 aliphatic rings. The van der Waals surface area contributed by atoms with Gasteiger partial charge < -0.3 is 10.2 Å². The van der Waals surface area contributed by atoms with Crippen molar-refractivity contribution in [2.45, 2.75) is 77.0 Å². The lowest BCUT2D eigenvalue weighted by Gasteiger charge is -1.97. The van der Waals surface area contributed by atoms with E-state index in [0.717, 1.165) is 36.9 Å². The lowest BCUT2D eigenvalue weighted by molar-refractivity contribution is 0.275. The molecule has 0 fully saturated rings. The molecule has 0 radical (unpaired) electrons. The fourth-order valence-corrected chi connectivity index (χ4v) is 2.41. The minimum absolute atomic E-state index is 0.319. The van der Waals surface area contributed by atoms with Crippen LogP contribution in [-0.4, -0.2) is 34.6 Å². The Morgan fingerprint density at radius 2 is 0.900 bits per heavy atom. The van der Waals surface area contributed by atoms with Crippen molar-refractivity contribution in [1.29, 1.82) is 0 Å². The lowest BCUT2D eigenvalue weighted by atomic mass is 10.1. The standard InChI is InChI=1S/C8H16BrCl.C8H18O2/c2*9-7-5-3-1-2-4-6-8-10/h1-8H2;9-10H,1-8H2. The predicted molar refractivity (Wildman–Crippen MR) is 94.1 cm³/mol. The Hall–Kier alpha value is 0.690. The third-order valence-electron chi connectivity index (χ3n) is 3.08. The molecular weight excluding hydrogens is 340 g/mol. The van der Waals surface area contributed by atoms with Gasteiger partial charge in [-0.05, 0) is 25.7 Å². The summed E-state index contributed by atoms with van der Waals surface area (Å²) in [4.78, 5) is 0. The van der Waals surface area contributed by atoms with Crippen LogP contribution in [0.5, 0.6) is 0 Å². The Morgan fingerprint density at radius 1 is 0.550 bits per heavy atom. The highest BCUT2D eigenvalue weighted by Gasteiger charge is 1.89. The summed E-state index contributed by atoms with van der Waals surface area (Å²) in [5.41, 5.74) is 0. The minimum atomic E-state index is 0.319. The number of rotatable bonds is 14. The summed E-state index contributed by atoms with van der Waals surface area (Å²) >= 11 is 8.95. The van der Waals surface area contributed by atoms with E-state index in [1.165, 1.54) is 51.4 Å². The number of halogens is 2. The summed E-state index contributed by atoms with van der Waals surface area (Å²) in [5.74, 6) is 0.832. The Labute approximate surface area is 139 Å². The molecule has 0 amide bonds. The number of hydrogen-bond acceptors (Lipinski definition) is 2. The first-order valence-electron chi connectivity index (χ1n) is 8.17. The quantitative estimate of drug-likeness (QED) is 0.321. The number of aliphatic hydroxyl groups is 2. The van der Waals surface area contributed by atoms with Gasteiger partial charge in [0.05, 0.1) is 0 Å². The van der Waals surface area contributed by atoms with Crippen LogP contribution in [-0.2, 0) is 0 Å². The fraction of sp³-hybridized carbons (Fsp3) is 1.00. The molecule has 0 saturated heterocycles. The fourth-order valence-electron chi connectivity index (χ4n) is 1.83. The van der Waals surface area contributed by atoms with Crippen molar-refractivity contribution >= 4 is 27.5 Å². The number of aliphatic hydroxyl groups excluding tert-OH is 2. The molecule has 0 aromatic carbocycles. The third kappa shape index (κ3) is 27.1. The van der Waals surface area contributed by atoms with Crippen LogP contribution in [0.3, 0.4) is 0 Å². The van der Waals surface area contributed by atoms with Crippen molar-refractivity contribution in [3.8, 4) is 0 Å². The number of unbranched alkanes of at least 4 members (excludes halogenated alkanes) is 10. The van der Waals surface area contributed by atoms with Gasteiger partial charge in [0, 0.05) is 24.4 Å². The van der Waals surface area contributed by atoms with Crippen LogP contribution in [0.15, 0.2) is 0 Å². The van der Waals surface area contributed by atoms with Crippen molar-refractivity contribution in [1.82, 2.24) is 0 Å². The molecule has 0 heterocycles. The maximum atomic E-state index is 8.43. The van der Waals surface area contributed by atoms with Crippen LogP contribution < -0.4 is 0 Å². The number of hydrogen-bond donors (Lipinski definition) is 2. The zero-order valence-electron chi connectivity index (χ0n) is 13.0. The normalized spacial score (nSPS) is 10.2. The van der Waals surface area contributed by atoms with Gasteiger partial charge in [0.2, 0.25) is 0 Å². The monoisotopic (exact) mass is 372 g/mol. The largest absolute Gasteiger partial charge is 0.396 e. The predicted octanol–water partition coefficient (Wildman–Crippen LogP) is 5.27. The highest BCUT2D eigenvalue weighted by Crippen LogP contribution is 2.06. The van der Waals surface area contributed by atoms with Crippen LogP contribution in [0.2, 0.25) is 0 Å². The lowest BCUT2D eigenvalue weighted by Crippen LogP contribution is -1.85. The van der Waals surface area contributed by atoms with Crippen LogP contribution in [0.1, 0.15) is 77.0 Å². The molecule has 0 aromatic rings. The second-order valence-electron chi connectivity index (χ2n) is 5.07. The molecule has 0 rings (SSSR count). The van der Waals surface area contributed by atoms with E-state index < -0.39 is 0 Å². The van der Waals surface area contributed by atoms with Crippen LogP contribution in [0.25, 0.3) is 0 Å². The highest BCUT2D eigenvalue weighted by atomic mass is 79.9. The molecule has 2 N–H and O–H groups in total. The smallest absolute Gasteiger partial charge is 0.0431 e. The first-order valence-corrected chi connectivity index (χ1v) is 9.82. The zero-order chi connectivity index (χ0) is 15.3. The van der Waals surface area contributed by atoms with Crippen LogP contribution in [0, 0.1) is 0 Å². The van der Waals surface area contributed by atoms with Gasteiger partial charge >= 0.3 is 0 Å². The number of alkyl halides is 2. The van der Waals surface area contributed by atoms with Gasteiger partial charge in [-0.15, -0.1) is 11.6 Å². The van der Waals surface area contributed by atoms with Crippen molar-refractivity contribution in [2.75, 3.05) is 24.4 Å². The minimum Gasteiger partial charge on any atom is -0.396 e. The molecule has 124 valence electrons. The topological polar surface area (TPSA) is 40.5 Å². The molecule has 2 nitrogen and oxygen atoms in total. The van der Waals surface area contributed by atoms with Gasteiger partial charge in [-0.3, -0.25) is 0 Å². The molecular formula is C16H34BrClO2. The molecule has 0 bridgehead atoms. The molecule has 4 heteroatoms. The van der Waals surface area contributed by atoms with Gasteiger partial charge in [-0.2, -0.15) is 0 Å². The molecule has 0 atom stereocenters. The second-order valence-corrected chi connectivity index (χ2v) is 6.24. The Kier molecular flexibility index (Phi) is 28.4. The average molecular weight is 374 g/mol. The van der Waals surface area contributed by atoms with E-state index >= 15 is 0 Å². The van der Waals surface area contributed by atoms with E-state index in [0.29, 0.717) is 13.2 Å². The van der Waals surface area contributed by atoms with Crippen molar-refractivity contribution < 1.29 is 10.2 Å². The third-order valence-corrected chi connectivity index (χ3v) is 3.91. The molecule has 20 heavy (non-hydrogen) atoms. The Morgan fingerprint density at radius 3 is 1.25 bits per heavy atom. The summed E-state index contributed by atoms with van der Waals surface area (Å²) < 4.78 is 0. The molecule has 0 aliphatic heterocycles. The van der Waals surface area contributed by atoms with E-state index in [1.807, 2.05) is 0 Å². The Bertz CT molecular complexity index is 116. The summed E-state index contributed by atoms with van der Waals surface area (Å²) in [6.45, 7) is 0.639. The van der Waals surface area contributed by atoms with E-state index in [-0.39, 0.29) is 0 Å². The maximum absolute atomic E-state index is 8.43. The second kappa shape index (κ2) is 24.7. The van der Waals surface area contributed by atoms with Crippen LogP contribution in [0.4, 0.5) is 0 Å². The maximum Gasteiger partial charge on any atom is 0.0431 e. The summed E-state index contributed by atoms with van der Waals surface area (Å²) in [7, 11) is 0. The van der Waals surface area contributed by atoms with Crippen LogP contribution >= 0.6 is 27.5 Å². The van der Waals surface area contributed by atoms with Crippen molar-refractivity contribution in [3.63, 3.8) is 0 Å². The molecule has 0 aliphatic carbocycles. The van der Waals surface area contributed by atoms with E-state index in [4.69, 9.17) is 21.8 Å². The van der Waals surface area contributed by atoms with E-state index in [2.05, 4.69) is 15.9 Å². The van der Waals surface area contributed by atoms with Crippen molar-refractivity contribution in [2.24, 2.45) is 0 Å². The SMILES string of the molecule is ClCCCCCCCCBr.OCCCCCCCCO. The van der Waals surface area contributed by atoms with Gasteiger partial charge in [0.1, 0.15) is 0 Å². The summed E-state index contributed by atoms with van der Waals surface area (Å²) in [6, 6.07) is 0. The summed E-state index contributed by atoms with van der Waals surface area (Å²) in [5, 5.41) is 18.0. The molecule has 0 spiro atoms. The highest BCUT2D eigenvalue weighted by molar-refractivity contribution is 9.09. The first kappa shape index (κ1) is 23.0. The summed E-state index contributed by atoms with van der Waals surface area (Å²) in [6.07, 6.45) is 14.4. The van der Waals surface area contributed by atoms with Gasteiger partial charge in [0.15, 0.2) is 0 Å². The average Bonchev–Trinajstić information content (AvgIpc) is 2.47. The van der Waals surface area contributed by atoms with Crippen molar-refractivity contribution in [3.05, 3.63) is 0 Å². The van der Waals surface area contributed by atoms with Gasteiger partial charge in [-0.1, -0.05) is 67.3 Å². The molecule has 0 aromatic heterocycles. The Balaban J connectivity index is 0.